The van der Waals surface area contributed by atoms with E-state index in [4.69, 9.17) is 17.3 Å². The van der Waals surface area contributed by atoms with Crippen LogP contribution in [-0.2, 0) is 20.0 Å². The molecule has 1 atom stereocenters. The van der Waals surface area contributed by atoms with Crippen molar-refractivity contribution in [2.45, 2.75) is 39.3 Å². The molecule has 0 aromatic carbocycles. The average Bonchev–Trinajstić information content (AvgIpc) is 2.98. The van der Waals surface area contributed by atoms with Crippen molar-refractivity contribution < 1.29 is 0 Å². The van der Waals surface area contributed by atoms with Crippen molar-refractivity contribution in [1.29, 1.82) is 0 Å². The maximum Gasteiger partial charge on any atom is 0.0868 e. The number of aryl methyl sites for hydroxylation is 2. The first kappa shape index (κ1) is 14.2. The lowest BCUT2D eigenvalue weighted by Crippen LogP contribution is -2.08. The Hall–Kier alpha value is -1.26. The molecular formula is C14H21ClN4. The van der Waals surface area contributed by atoms with Gasteiger partial charge in [0.1, 0.15) is 0 Å². The second-order valence-corrected chi connectivity index (χ2v) is 5.19. The highest BCUT2D eigenvalue weighted by atomic mass is 35.5. The summed E-state index contributed by atoms with van der Waals surface area (Å²) in [5.74, 6) is 0. The molecule has 104 valence electrons. The Balaban J connectivity index is 2.22. The van der Waals surface area contributed by atoms with Gasteiger partial charge in [-0.3, -0.25) is 4.68 Å². The van der Waals surface area contributed by atoms with Crippen LogP contribution in [0.4, 0.5) is 0 Å². The number of hydrogen-bond acceptors (Lipinski definition) is 2. The number of aromatic nitrogens is 3. The van der Waals surface area contributed by atoms with Gasteiger partial charge in [0.2, 0.25) is 0 Å². The van der Waals surface area contributed by atoms with E-state index in [1.54, 1.807) is 0 Å². The maximum atomic E-state index is 6.35. The minimum Gasteiger partial charge on any atom is -0.348 e. The van der Waals surface area contributed by atoms with E-state index < -0.39 is 0 Å². The Labute approximate surface area is 119 Å². The molecule has 2 rings (SSSR count). The minimum absolute atomic E-state index is 0.106. The molecule has 2 aromatic rings. The largest absolute Gasteiger partial charge is 0.348 e. The van der Waals surface area contributed by atoms with Crippen LogP contribution >= 0.6 is 11.6 Å². The van der Waals surface area contributed by atoms with Gasteiger partial charge in [-0.1, -0.05) is 25.4 Å². The molecular weight excluding hydrogens is 260 g/mol. The summed E-state index contributed by atoms with van der Waals surface area (Å²) in [5.41, 5.74) is 9.18. The predicted octanol–water partition coefficient (Wildman–Crippen LogP) is 2.90. The summed E-state index contributed by atoms with van der Waals surface area (Å²) < 4.78 is 3.97. The molecule has 1 unspecified atom stereocenters. The molecule has 2 N–H and O–H groups in total. The van der Waals surface area contributed by atoms with E-state index in [0.29, 0.717) is 0 Å². The van der Waals surface area contributed by atoms with Crippen LogP contribution in [0.25, 0.3) is 0 Å². The van der Waals surface area contributed by atoms with Crippen LogP contribution in [0.5, 0.6) is 0 Å². The summed E-state index contributed by atoms with van der Waals surface area (Å²) in [6.07, 6.45) is 5.92. The summed E-state index contributed by atoms with van der Waals surface area (Å²) in [4.78, 5) is 0. The summed E-state index contributed by atoms with van der Waals surface area (Å²) >= 11 is 6.35. The van der Waals surface area contributed by atoms with Crippen molar-refractivity contribution in [3.8, 4) is 0 Å². The fourth-order valence-corrected chi connectivity index (χ4v) is 2.53. The molecule has 0 saturated carbocycles. The smallest absolute Gasteiger partial charge is 0.0868 e. The molecule has 0 radical (unpaired) electrons. The van der Waals surface area contributed by atoms with Crippen molar-refractivity contribution in [2.24, 2.45) is 12.8 Å². The third kappa shape index (κ3) is 2.85. The summed E-state index contributed by atoms with van der Waals surface area (Å²) in [5, 5.41) is 5.21. The van der Waals surface area contributed by atoms with E-state index in [9.17, 15) is 0 Å². The molecule has 0 aliphatic rings. The van der Waals surface area contributed by atoms with E-state index in [0.717, 1.165) is 41.4 Å². The maximum absolute atomic E-state index is 6.35. The van der Waals surface area contributed by atoms with Gasteiger partial charge in [0, 0.05) is 25.5 Å². The number of halogens is 1. The average molecular weight is 281 g/mol. The van der Waals surface area contributed by atoms with Crippen LogP contribution in [0.3, 0.4) is 0 Å². The summed E-state index contributed by atoms with van der Waals surface area (Å²) in [7, 11) is 1.93. The van der Waals surface area contributed by atoms with E-state index in [-0.39, 0.29) is 6.04 Å². The van der Waals surface area contributed by atoms with Crippen LogP contribution in [-0.4, -0.2) is 14.3 Å². The summed E-state index contributed by atoms with van der Waals surface area (Å²) in [6.45, 7) is 4.87. The third-order valence-corrected chi connectivity index (χ3v) is 3.91. The van der Waals surface area contributed by atoms with E-state index >= 15 is 0 Å². The molecule has 0 aliphatic heterocycles. The third-order valence-electron chi connectivity index (χ3n) is 3.48. The Morgan fingerprint density at radius 1 is 1.42 bits per heavy atom. The zero-order chi connectivity index (χ0) is 14.0. The van der Waals surface area contributed by atoms with Crippen molar-refractivity contribution in [3.63, 3.8) is 0 Å². The predicted molar refractivity (Wildman–Crippen MR) is 78.3 cm³/mol. The van der Waals surface area contributed by atoms with Gasteiger partial charge in [-0.2, -0.15) is 5.10 Å². The monoisotopic (exact) mass is 280 g/mol. The number of nitrogens with two attached hydrogens (primary N) is 1. The molecule has 0 spiro atoms. The molecule has 0 bridgehead atoms. The van der Waals surface area contributed by atoms with Crippen molar-refractivity contribution >= 4 is 11.6 Å². The van der Waals surface area contributed by atoms with Gasteiger partial charge in [-0.25, -0.2) is 0 Å². The first-order chi connectivity index (χ1) is 9.06. The van der Waals surface area contributed by atoms with E-state index in [2.05, 4.69) is 35.8 Å². The Bertz CT molecular complexity index is 556. The fourth-order valence-electron chi connectivity index (χ4n) is 2.18. The topological polar surface area (TPSA) is 48.8 Å². The standard InChI is InChI=1S/C14H21ClN4/c1-4-11(16)10-6-7-19(8-10)9-13-14(15)12(5-2)17-18(13)3/h6-8,11H,4-5,9,16H2,1-3H3. The highest BCUT2D eigenvalue weighted by Crippen LogP contribution is 2.22. The van der Waals surface area contributed by atoms with Gasteiger partial charge in [0.05, 0.1) is 23.0 Å². The Morgan fingerprint density at radius 2 is 2.16 bits per heavy atom. The SMILES string of the molecule is CCc1nn(C)c(Cn2ccc(C(N)CC)c2)c1Cl. The number of nitrogens with zero attached hydrogens (tertiary/aromatic N) is 3. The first-order valence-electron chi connectivity index (χ1n) is 6.68. The van der Waals surface area contributed by atoms with Crippen molar-refractivity contribution in [1.82, 2.24) is 14.3 Å². The van der Waals surface area contributed by atoms with E-state index in [1.807, 2.05) is 17.9 Å². The van der Waals surface area contributed by atoms with Gasteiger partial charge >= 0.3 is 0 Å². The second-order valence-electron chi connectivity index (χ2n) is 4.82. The van der Waals surface area contributed by atoms with Crippen LogP contribution in [0, 0.1) is 0 Å². The summed E-state index contributed by atoms with van der Waals surface area (Å²) in [6, 6.07) is 2.17. The molecule has 5 heteroatoms. The molecule has 0 saturated heterocycles. The van der Waals surface area contributed by atoms with Crippen LogP contribution < -0.4 is 5.73 Å². The highest BCUT2D eigenvalue weighted by Gasteiger charge is 2.13. The first-order valence-corrected chi connectivity index (χ1v) is 7.06. The van der Waals surface area contributed by atoms with Crippen molar-refractivity contribution in [3.05, 3.63) is 40.4 Å². The quantitative estimate of drug-likeness (QED) is 0.915. The molecule has 19 heavy (non-hydrogen) atoms. The Kier molecular flexibility index (Phi) is 4.32. The number of rotatable bonds is 5. The van der Waals surface area contributed by atoms with Gasteiger partial charge in [-0.15, -0.1) is 0 Å². The normalized spacial score (nSPS) is 12.9. The highest BCUT2D eigenvalue weighted by molar-refractivity contribution is 6.31. The zero-order valence-corrected chi connectivity index (χ0v) is 12.5. The van der Waals surface area contributed by atoms with Crippen LogP contribution in [0.2, 0.25) is 5.02 Å². The lowest BCUT2D eigenvalue weighted by molar-refractivity contribution is 0.656. The molecule has 2 heterocycles. The molecule has 2 aromatic heterocycles. The fraction of sp³-hybridized carbons (Fsp3) is 0.500. The zero-order valence-electron chi connectivity index (χ0n) is 11.7. The molecule has 0 aliphatic carbocycles. The van der Waals surface area contributed by atoms with Gasteiger partial charge < -0.3 is 10.3 Å². The molecule has 0 amide bonds. The number of hydrogen-bond donors (Lipinski definition) is 1. The minimum atomic E-state index is 0.106. The van der Waals surface area contributed by atoms with Crippen LogP contribution in [0.1, 0.15) is 43.3 Å². The lowest BCUT2D eigenvalue weighted by Gasteiger charge is -2.06. The van der Waals surface area contributed by atoms with Crippen molar-refractivity contribution in [2.75, 3.05) is 0 Å². The van der Waals surface area contributed by atoms with Crippen LogP contribution in [0.15, 0.2) is 18.5 Å². The van der Waals surface area contributed by atoms with E-state index in [1.165, 1.54) is 0 Å². The molecule has 4 nitrogen and oxygen atoms in total. The lowest BCUT2D eigenvalue weighted by atomic mass is 10.1. The second kappa shape index (κ2) is 5.80. The molecule has 0 fully saturated rings. The van der Waals surface area contributed by atoms with Gasteiger partial charge in [-0.05, 0) is 24.5 Å². The van der Waals surface area contributed by atoms with Gasteiger partial charge in [0.25, 0.3) is 0 Å². The van der Waals surface area contributed by atoms with Gasteiger partial charge in [0.15, 0.2) is 0 Å². The Morgan fingerprint density at radius 3 is 2.74 bits per heavy atom.